The van der Waals surface area contributed by atoms with Gasteiger partial charge in [0, 0.05) is 19.2 Å². The van der Waals surface area contributed by atoms with Crippen LogP contribution in [0.15, 0.2) is 24.3 Å². The third kappa shape index (κ3) is 7.64. The topological polar surface area (TPSA) is 73.9 Å². The third-order valence-electron chi connectivity index (χ3n) is 2.72. The number of methoxy groups -OCH3 is 1. The number of benzene rings is 1. The lowest BCUT2D eigenvalue weighted by Gasteiger charge is -2.08. The van der Waals surface area contributed by atoms with Crippen LogP contribution < -0.4 is 10.1 Å². The van der Waals surface area contributed by atoms with E-state index in [-0.39, 0.29) is 25.4 Å². The Hall–Kier alpha value is -2.08. The summed E-state index contributed by atoms with van der Waals surface area (Å²) in [4.78, 5) is 23.1. The number of carbonyl (C=O) groups is 2. The predicted molar refractivity (Wildman–Crippen MR) is 82.9 cm³/mol. The molecule has 0 aliphatic carbocycles. The lowest BCUT2D eigenvalue weighted by atomic mass is 10.2. The third-order valence-corrected chi connectivity index (χ3v) is 2.72. The molecule has 0 heterocycles. The summed E-state index contributed by atoms with van der Waals surface area (Å²) in [6.07, 6.45) is 1.08. The molecule has 0 aromatic heterocycles. The van der Waals surface area contributed by atoms with Crippen molar-refractivity contribution in [1.29, 1.82) is 0 Å². The molecular weight excluding hydrogens is 286 g/mol. The Bertz CT molecular complexity index is 458. The van der Waals surface area contributed by atoms with Crippen LogP contribution in [0.4, 0.5) is 5.69 Å². The van der Waals surface area contributed by atoms with Gasteiger partial charge in [-0.1, -0.05) is 6.92 Å². The minimum absolute atomic E-state index is 0.0489. The number of carbonyl (C=O) groups excluding carboxylic acids is 2. The van der Waals surface area contributed by atoms with E-state index in [1.165, 1.54) is 7.11 Å². The molecule has 122 valence electrons. The fraction of sp³-hybridized carbons (Fsp3) is 0.500. The largest absolute Gasteiger partial charge is 0.494 e. The highest BCUT2D eigenvalue weighted by Gasteiger charge is 2.08. The number of hydrogen-bond donors (Lipinski definition) is 1. The van der Waals surface area contributed by atoms with E-state index < -0.39 is 5.97 Å². The summed E-state index contributed by atoms with van der Waals surface area (Å²) >= 11 is 0. The Morgan fingerprint density at radius 3 is 2.41 bits per heavy atom. The Labute approximate surface area is 130 Å². The normalized spacial score (nSPS) is 10.1. The number of rotatable bonds is 10. The first-order valence-electron chi connectivity index (χ1n) is 7.33. The molecule has 0 bridgehead atoms. The average Bonchev–Trinajstić information content (AvgIpc) is 2.52. The molecule has 0 unspecified atom stereocenters. The highest BCUT2D eigenvalue weighted by Crippen LogP contribution is 2.16. The van der Waals surface area contributed by atoms with Gasteiger partial charge in [-0.3, -0.25) is 9.59 Å². The Kier molecular flexibility index (Phi) is 8.67. The van der Waals surface area contributed by atoms with Gasteiger partial charge < -0.3 is 19.5 Å². The fourth-order valence-electron chi connectivity index (χ4n) is 1.60. The zero-order valence-corrected chi connectivity index (χ0v) is 13.1. The van der Waals surface area contributed by atoms with E-state index in [1.807, 2.05) is 6.92 Å². The van der Waals surface area contributed by atoms with Gasteiger partial charge in [0.1, 0.15) is 12.4 Å². The summed E-state index contributed by atoms with van der Waals surface area (Å²) in [5, 5.41) is 2.72. The molecule has 0 saturated carbocycles. The maximum absolute atomic E-state index is 11.7. The SMILES string of the molecule is CCCOc1ccc(NC(=O)CCC(=O)OCCOC)cc1. The second-order valence-corrected chi connectivity index (χ2v) is 4.63. The smallest absolute Gasteiger partial charge is 0.306 e. The maximum atomic E-state index is 11.7. The molecule has 0 fully saturated rings. The van der Waals surface area contributed by atoms with Crippen molar-refractivity contribution in [1.82, 2.24) is 0 Å². The Balaban J connectivity index is 2.28. The zero-order chi connectivity index (χ0) is 16.2. The minimum Gasteiger partial charge on any atom is -0.494 e. The van der Waals surface area contributed by atoms with Gasteiger partial charge in [-0.2, -0.15) is 0 Å². The molecule has 1 rings (SSSR count). The maximum Gasteiger partial charge on any atom is 0.306 e. The molecular formula is C16H23NO5. The lowest BCUT2D eigenvalue weighted by Crippen LogP contribution is -2.15. The van der Waals surface area contributed by atoms with Crippen molar-refractivity contribution in [3.8, 4) is 5.75 Å². The van der Waals surface area contributed by atoms with Gasteiger partial charge in [0.25, 0.3) is 0 Å². The van der Waals surface area contributed by atoms with Crippen molar-refractivity contribution >= 4 is 17.6 Å². The van der Waals surface area contributed by atoms with Crippen molar-refractivity contribution in [3.05, 3.63) is 24.3 Å². The number of nitrogens with one attached hydrogen (secondary N) is 1. The molecule has 1 amide bonds. The van der Waals surface area contributed by atoms with Gasteiger partial charge >= 0.3 is 5.97 Å². The summed E-state index contributed by atoms with van der Waals surface area (Å²) < 4.78 is 15.1. The molecule has 1 aromatic rings. The molecule has 0 atom stereocenters. The van der Waals surface area contributed by atoms with E-state index in [2.05, 4.69) is 5.32 Å². The van der Waals surface area contributed by atoms with Gasteiger partial charge in [0.15, 0.2) is 0 Å². The van der Waals surface area contributed by atoms with Gasteiger partial charge in [-0.15, -0.1) is 0 Å². The van der Waals surface area contributed by atoms with Crippen molar-refractivity contribution in [2.75, 3.05) is 32.2 Å². The van der Waals surface area contributed by atoms with E-state index >= 15 is 0 Å². The summed E-state index contributed by atoms with van der Waals surface area (Å²) in [5.74, 6) is 0.128. The van der Waals surface area contributed by atoms with Crippen LogP contribution in [0.5, 0.6) is 5.75 Å². The molecule has 1 aromatic carbocycles. The predicted octanol–water partition coefficient (Wildman–Crippen LogP) is 2.38. The zero-order valence-electron chi connectivity index (χ0n) is 13.1. The standard InChI is InChI=1S/C16H23NO5/c1-3-10-21-14-6-4-13(5-7-14)17-15(18)8-9-16(19)22-12-11-20-2/h4-7H,3,8-12H2,1-2H3,(H,17,18). The van der Waals surface area contributed by atoms with Gasteiger partial charge in [0.2, 0.25) is 5.91 Å². The van der Waals surface area contributed by atoms with E-state index in [0.29, 0.717) is 18.9 Å². The number of hydrogen-bond acceptors (Lipinski definition) is 5. The molecule has 0 spiro atoms. The second kappa shape index (κ2) is 10.6. The average molecular weight is 309 g/mol. The van der Waals surface area contributed by atoms with Gasteiger partial charge in [-0.25, -0.2) is 0 Å². The van der Waals surface area contributed by atoms with E-state index in [4.69, 9.17) is 14.2 Å². The van der Waals surface area contributed by atoms with Crippen LogP contribution in [-0.2, 0) is 19.1 Å². The molecule has 0 aliphatic heterocycles. The van der Waals surface area contributed by atoms with Crippen LogP contribution >= 0.6 is 0 Å². The molecule has 6 nitrogen and oxygen atoms in total. The van der Waals surface area contributed by atoms with Gasteiger partial charge in [-0.05, 0) is 30.7 Å². The van der Waals surface area contributed by atoms with Crippen LogP contribution in [0, 0.1) is 0 Å². The number of amides is 1. The highest BCUT2D eigenvalue weighted by molar-refractivity contribution is 5.92. The first kappa shape index (κ1) is 18.0. The number of anilines is 1. The van der Waals surface area contributed by atoms with Crippen LogP contribution in [-0.4, -0.2) is 38.8 Å². The molecule has 6 heteroatoms. The highest BCUT2D eigenvalue weighted by atomic mass is 16.6. The Morgan fingerprint density at radius 1 is 1.05 bits per heavy atom. The summed E-state index contributed by atoms with van der Waals surface area (Å²) in [6, 6.07) is 7.12. The first-order valence-corrected chi connectivity index (χ1v) is 7.33. The van der Waals surface area contributed by atoms with Crippen molar-refractivity contribution in [2.24, 2.45) is 0 Å². The molecule has 0 saturated heterocycles. The quantitative estimate of drug-likeness (QED) is 0.530. The summed E-state index contributed by atoms with van der Waals surface area (Å²) in [5.41, 5.74) is 0.668. The van der Waals surface area contributed by atoms with Crippen LogP contribution in [0.1, 0.15) is 26.2 Å². The fourth-order valence-corrected chi connectivity index (χ4v) is 1.60. The van der Waals surface area contributed by atoms with Crippen LogP contribution in [0.2, 0.25) is 0 Å². The first-order chi connectivity index (χ1) is 10.7. The summed E-state index contributed by atoms with van der Waals surface area (Å²) in [6.45, 7) is 3.26. The Morgan fingerprint density at radius 2 is 1.77 bits per heavy atom. The molecule has 1 N–H and O–H groups in total. The van der Waals surface area contributed by atoms with Crippen molar-refractivity contribution in [3.63, 3.8) is 0 Å². The van der Waals surface area contributed by atoms with Crippen LogP contribution in [0.25, 0.3) is 0 Å². The minimum atomic E-state index is -0.407. The lowest BCUT2D eigenvalue weighted by molar-refractivity contribution is -0.145. The van der Waals surface area contributed by atoms with E-state index in [1.54, 1.807) is 24.3 Å². The number of esters is 1. The summed E-state index contributed by atoms with van der Waals surface area (Å²) in [7, 11) is 1.53. The number of ether oxygens (including phenoxy) is 3. The van der Waals surface area contributed by atoms with Crippen molar-refractivity contribution < 1.29 is 23.8 Å². The monoisotopic (exact) mass is 309 g/mol. The van der Waals surface area contributed by atoms with E-state index in [9.17, 15) is 9.59 Å². The van der Waals surface area contributed by atoms with Crippen LogP contribution in [0.3, 0.4) is 0 Å². The van der Waals surface area contributed by atoms with E-state index in [0.717, 1.165) is 12.2 Å². The molecule has 0 aliphatic rings. The second-order valence-electron chi connectivity index (χ2n) is 4.63. The van der Waals surface area contributed by atoms with Crippen molar-refractivity contribution in [2.45, 2.75) is 26.2 Å². The molecule has 0 radical (unpaired) electrons. The molecule has 22 heavy (non-hydrogen) atoms. The van der Waals surface area contributed by atoms with Gasteiger partial charge in [0.05, 0.1) is 19.6 Å².